The van der Waals surface area contributed by atoms with Crippen LogP contribution in [-0.2, 0) is 21.4 Å². The molecule has 0 aliphatic heterocycles. The van der Waals surface area contributed by atoms with Crippen LogP contribution in [0.3, 0.4) is 0 Å². The van der Waals surface area contributed by atoms with Crippen molar-refractivity contribution in [2.24, 2.45) is 0 Å². The van der Waals surface area contributed by atoms with E-state index in [2.05, 4.69) is 5.32 Å². The second-order valence-electron chi connectivity index (χ2n) is 7.05. The molecular formula is C23H22F2N2O3S. The van der Waals surface area contributed by atoms with Gasteiger partial charge >= 0.3 is 0 Å². The van der Waals surface area contributed by atoms with Crippen LogP contribution in [0.1, 0.15) is 24.1 Å². The number of hydrogen-bond acceptors (Lipinski definition) is 3. The Morgan fingerprint density at radius 1 is 0.903 bits per heavy atom. The minimum absolute atomic E-state index is 0.0289. The van der Waals surface area contributed by atoms with Gasteiger partial charge in [0.2, 0.25) is 15.9 Å². The zero-order valence-electron chi connectivity index (χ0n) is 16.8. The monoisotopic (exact) mass is 444 g/mol. The van der Waals surface area contributed by atoms with Crippen LogP contribution in [0.15, 0.2) is 83.8 Å². The Labute approximate surface area is 180 Å². The van der Waals surface area contributed by atoms with Gasteiger partial charge in [-0.3, -0.25) is 4.79 Å². The van der Waals surface area contributed by atoms with E-state index in [0.29, 0.717) is 11.1 Å². The van der Waals surface area contributed by atoms with Crippen molar-refractivity contribution in [3.05, 3.63) is 102 Å². The third-order valence-electron chi connectivity index (χ3n) is 4.72. The van der Waals surface area contributed by atoms with E-state index in [-0.39, 0.29) is 17.3 Å². The first-order valence-electron chi connectivity index (χ1n) is 9.60. The van der Waals surface area contributed by atoms with Gasteiger partial charge in [0.05, 0.1) is 17.5 Å². The molecule has 0 radical (unpaired) electrons. The molecule has 0 fully saturated rings. The fourth-order valence-electron chi connectivity index (χ4n) is 3.05. The van der Waals surface area contributed by atoms with Gasteiger partial charge in [0.25, 0.3) is 0 Å². The first-order chi connectivity index (χ1) is 14.8. The topological polar surface area (TPSA) is 66.5 Å². The molecule has 31 heavy (non-hydrogen) atoms. The number of nitrogens with one attached hydrogen (secondary N) is 1. The van der Waals surface area contributed by atoms with Crippen LogP contribution >= 0.6 is 0 Å². The largest absolute Gasteiger partial charge is 0.348 e. The number of rotatable bonds is 8. The van der Waals surface area contributed by atoms with Gasteiger partial charge in [-0.2, -0.15) is 4.31 Å². The van der Waals surface area contributed by atoms with E-state index in [0.717, 1.165) is 16.4 Å². The highest BCUT2D eigenvalue weighted by atomic mass is 32.2. The third kappa shape index (κ3) is 5.96. The van der Waals surface area contributed by atoms with Crippen LogP contribution in [0.4, 0.5) is 8.78 Å². The maximum absolute atomic E-state index is 13.3. The highest BCUT2D eigenvalue weighted by Crippen LogP contribution is 2.19. The molecule has 1 N–H and O–H groups in total. The van der Waals surface area contributed by atoms with Gasteiger partial charge in [0, 0.05) is 6.54 Å². The number of hydrogen-bond donors (Lipinski definition) is 1. The SMILES string of the molecule is CC(NC(=O)CN(Cc1ccccc1)S(=O)(=O)c1ccc(F)cc1)c1ccc(F)cc1. The van der Waals surface area contributed by atoms with Crippen molar-refractivity contribution in [3.63, 3.8) is 0 Å². The molecule has 162 valence electrons. The summed E-state index contributed by atoms with van der Waals surface area (Å²) in [7, 11) is -4.06. The number of carbonyl (C=O) groups excluding carboxylic acids is 1. The lowest BCUT2D eigenvalue weighted by molar-refractivity contribution is -0.122. The molecule has 0 bridgehead atoms. The van der Waals surface area contributed by atoms with Crippen molar-refractivity contribution in [2.45, 2.75) is 24.4 Å². The minimum atomic E-state index is -4.06. The first-order valence-corrected chi connectivity index (χ1v) is 11.0. The summed E-state index contributed by atoms with van der Waals surface area (Å²) in [5.41, 5.74) is 1.39. The fraction of sp³-hybridized carbons (Fsp3) is 0.174. The quantitative estimate of drug-likeness (QED) is 0.570. The molecule has 1 atom stereocenters. The Morgan fingerprint density at radius 3 is 2.03 bits per heavy atom. The standard InChI is InChI=1S/C23H22F2N2O3S/c1-17(19-7-9-20(24)10-8-19)26-23(28)16-27(15-18-5-3-2-4-6-18)31(29,30)22-13-11-21(25)12-14-22/h2-14,17H,15-16H2,1H3,(H,26,28). The van der Waals surface area contributed by atoms with Crippen LogP contribution in [-0.4, -0.2) is 25.2 Å². The average molecular weight is 445 g/mol. The third-order valence-corrected chi connectivity index (χ3v) is 6.53. The van der Waals surface area contributed by atoms with E-state index in [1.807, 2.05) is 0 Å². The zero-order chi connectivity index (χ0) is 22.4. The van der Waals surface area contributed by atoms with Gasteiger partial charge in [0.1, 0.15) is 11.6 Å². The summed E-state index contributed by atoms with van der Waals surface area (Å²) >= 11 is 0. The number of carbonyl (C=O) groups is 1. The fourth-order valence-corrected chi connectivity index (χ4v) is 4.44. The van der Waals surface area contributed by atoms with Gasteiger partial charge in [-0.1, -0.05) is 42.5 Å². The second kappa shape index (κ2) is 9.80. The normalized spacial score (nSPS) is 12.5. The Balaban J connectivity index is 1.81. The van der Waals surface area contributed by atoms with Crippen LogP contribution in [0.25, 0.3) is 0 Å². The maximum Gasteiger partial charge on any atom is 0.243 e. The average Bonchev–Trinajstić information content (AvgIpc) is 2.74. The first kappa shape index (κ1) is 22.6. The van der Waals surface area contributed by atoms with Crippen LogP contribution in [0.2, 0.25) is 0 Å². The van der Waals surface area contributed by atoms with Crippen LogP contribution in [0, 0.1) is 11.6 Å². The summed E-state index contributed by atoms with van der Waals surface area (Å²) < 4.78 is 53.8. The Morgan fingerprint density at radius 2 is 1.45 bits per heavy atom. The molecule has 3 aromatic carbocycles. The van der Waals surface area contributed by atoms with E-state index in [4.69, 9.17) is 0 Å². The lowest BCUT2D eigenvalue weighted by Crippen LogP contribution is -2.41. The maximum atomic E-state index is 13.3. The van der Waals surface area contributed by atoms with E-state index >= 15 is 0 Å². The Bertz CT molecular complexity index is 1120. The number of nitrogens with zero attached hydrogens (tertiary/aromatic N) is 1. The van der Waals surface area contributed by atoms with Gasteiger partial charge in [0.15, 0.2) is 0 Å². The number of sulfonamides is 1. The highest BCUT2D eigenvalue weighted by molar-refractivity contribution is 7.89. The Hall–Kier alpha value is -3.10. The molecular weight excluding hydrogens is 422 g/mol. The molecule has 0 aliphatic rings. The lowest BCUT2D eigenvalue weighted by atomic mass is 10.1. The van der Waals surface area contributed by atoms with Crippen LogP contribution in [0.5, 0.6) is 0 Å². The summed E-state index contributed by atoms with van der Waals surface area (Å²) in [5.74, 6) is -1.46. The molecule has 0 aliphatic carbocycles. The molecule has 1 amide bonds. The summed E-state index contributed by atoms with van der Waals surface area (Å²) in [6.07, 6.45) is 0. The van der Waals surface area contributed by atoms with Crippen molar-refractivity contribution in [1.82, 2.24) is 9.62 Å². The molecule has 8 heteroatoms. The number of benzene rings is 3. The van der Waals surface area contributed by atoms with Crippen molar-refractivity contribution >= 4 is 15.9 Å². The lowest BCUT2D eigenvalue weighted by Gasteiger charge is -2.23. The number of halogens is 2. The zero-order valence-corrected chi connectivity index (χ0v) is 17.6. The summed E-state index contributed by atoms with van der Waals surface area (Å²) in [4.78, 5) is 12.6. The predicted molar refractivity (Wildman–Crippen MR) is 113 cm³/mol. The number of amides is 1. The minimum Gasteiger partial charge on any atom is -0.348 e. The second-order valence-corrected chi connectivity index (χ2v) is 8.99. The van der Waals surface area contributed by atoms with E-state index in [9.17, 15) is 22.0 Å². The van der Waals surface area contributed by atoms with Crippen molar-refractivity contribution in [3.8, 4) is 0 Å². The van der Waals surface area contributed by atoms with Crippen molar-refractivity contribution in [1.29, 1.82) is 0 Å². The molecule has 0 saturated carbocycles. The van der Waals surface area contributed by atoms with Crippen molar-refractivity contribution < 1.29 is 22.0 Å². The van der Waals surface area contributed by atoms with Gasteiger partial charge in [-0.05, 0) is 54.4 Å². The van der Waals surface area contributed by atoms with E-state index in [1.165, 1.54) is 24.3 Å². The van der Waals surface area contributed by atoms with Gasteiger partial charge in [-0.25, -0.2) is 17.2 Å². The predicted octanol–water partition coefficient (Wildman–Crippen LogP) is 4.03. The van der Waals surface area contributed by atoms with E-state index < -0.39 is 34.3 Å². The molecule has 0 spiro atoms. The molecule has 0 saturated heterocycles. The smallest absolute Gasteiger partial charge is 0.243 e. The molecule has 0 heterocycles. The molecule has 1 unspecified atom stereocenters. The molecule has 0 aromatic heterocycles. The van der Waals surface area contributed by atoms with E-state index in [1.54, 1.807) is 49.4 Å². The molecule has 3 rings (SSSR count). The Kier molecular flexibility index (Phi) is 7.14. The van der Waals surface area contributed by atoms with Crippen molar-refractivity contribution in [2.75, 3.05) is 6.54 Å². The summed E-state index contributed by atoms with van der Waals surface area (Å²) in [6.45, 7) is 1.26. The van der Waals surface area contributed by atoms with Gasteiger partial charge < -0.3 is 5.32 Å². The van der Waals surface area contributed by atoms with Gasteiger partial charge in [-0.15, -0.1) is 0 Å². The highest BCUT2D eigenvalue weighted by Gasteiger charge is 2.27. The summed E-state index contributed by atoms with van der Waals surface area (Å²) in [5, 5.41) is 2.74. The van der Waals surface area contributed by atoms with Crippen LogP contribution < -0.4 is 5.32 Å². The molecule has 3 aromatic rings. The summed E-state index contributed by atoms with van der Waals surface area (Å²) in [6, 6.07) is 18.6. The molecule has 5 nitrogen and oxygen atoms in total.